The molecule has 0 aliphatic carbocycles. The summed E-state index contributed by atoms with van der Waals surface area (Å²) in [5.41, 5.74) is 2.12. The molecule has 1 atom stereocenters. The molecular weight excluding hydrogens is 310 g/mol. The molecule has 0 spiro atoms. The number of urea groups is 1. The zero-order valence-corrected chi connectivity index (χ0v) is 14.5. The second kappa shape index (κ2) is 8.36. The fourth-order valence-electron chi connectivity index (χ4n) is 3.01. The monoisotopic (exact) mass is 333 g/mol. The van der Waals surface area contributed by atoms with Gasteiger partial charge >= 0.3 is 6.03 Å². The molecule has 1 aliphatic heterocycles. The average Bonchev–Trinajstić information content (AvgIpc) is 2.66. The maximum Gasteiger partial charge on any atom is 0.318 e. The van der Waals surface area contributed by atoms with Crippen LogP contribution in [0.4, 0.5) is 4.79 Å². The highest BCUT2D eigenvalue weighted by Gasteiger charge is 2.29. The van der Waals surface area contributed by atoms with Crippen molar-refractivity contribution in [1.29, 1.82) is 0 Å². The summed E-state index contributed by atoms with van der Waals surface area (Å²) in [5, 5.41) is 2.93. The van der Waals surface area contributed by atoms with Crippen LogP contribution in [0.25, 0.3) is 0 Å². The molecule has 25 heavy (non-hydrogen) atoms. The minimum Gasteiger partial charge on any atom is -0.327 e. The summed E-state index contributed by atoms with van der Waals surface area (Å²) in [6.07, 6.45) is 0. The molecule has 1 heterocycles. The number of piperazine rings is 1. The van der Waals surface area contributed by atoms with Crippen LogP contribution in [0, 0.1) is 11.8 Å². The van der Waals surface area contributed by atoms with E-state index in [1.54, 1.807) is 0 Å². The van der Waals surface area contributed by atoms with E-state index >= 15 is 0 Å². The van der Waals surface area contributed by atoms with E-state index in [0.29, 0.717) is 13.1 Å². The highest BCUT2D eigenvalue weighted by Crippen LogP contribution is 2.24. The number of benzene rings is 2. The maximum atomic E-state index is 12.6. The van der Waals surface area contributed by atoms with Crippen molar-refractivity contribution in [2.75, 3.05) is 33.2 Å². The van der Waals surface area contributed by atoms with Crippen LogP contribution in [0.2, 0.25) is 0 Å². The summed E-state index contributed by atoms with van der Waals surface area (Å²) in [6.45, 7) is 2.79. The number of nitrogens with one attached hydrogen (secondary N) is 1. The Bertz CT molecular complexity index is 749. The Morgan fingerprint density at radius 3 is 2.48 bits per heavy atom. The van der Waals surface area contributed by atoms with Crippen molar-refractivity contribution in [3.63, 3.8) is 0 Å². The van der Waals surface area contributed by atoms with Crippen LogP contribution < -0.4 is 5.32 Å². The second-order valence-electron chi connectivity index (χ2n) is 6.21. The van der Waals surface area contributed by atoms with Crippen molar-refractivity contribution in [1.82, 2.24) is 15.1 Å². The molecule has 3 rings (SSSR count). The highest BCUT2D eigenvalue weighted by atomic mass is 16.2. The highest BCUT2D eigenvalue weighted by molar-refractivity contribution is 5.75. The van der Waals surface area contributed by atoms with E-state index < -0.39 is 0 Å². The van der Waals surface area contributed by atoms with Crippen molar-refractivity contribution in [2.24, 2.45) is 0 Å². The molecule has 0 saturated carbocycles. The molecule has 1 N–H and O–H groups in total. The van der Waals surface area contributed by atoms with Gasteiger partial charge in [-0.15, -0.1) is 0 Å². The Balaban J connectivity index is 1.62. The van der Waals surface area contributed by atoms with Crippen LogP contribution in [0.1, 0.15) is 17.2 Å². The number of carbonyl (C=O) groups excluding carboxylic acids is 1. The molecule has 4 nitrogen and oxygen atoms in total. The summed E-state index contributed by atoms with van der Waals surface area (Å²) >= 11 is 0. The maximum absolute atomic E-state index is 12.6. The molecule has 0 radical (unpaired) electrons. The smallest absolute Gasteiger partial charge is 0.318 e. The molecule has 2 aromatic carbocycles. The summed E-state index contributed by atoms with van der Waals surface area (Å²) in [5.74, 6) is 6.08. The number of hydrogen-bond donors (Lipinski definition) is 1. The van der Waals surface area contributed by atoms with Gasteiger partial charge in [0.2, 0.25) is 0 Å². The van der Waals surface area contributed by atoms with E-state index in [2.05, 4.69) is 41.2 Å². The molecule has 2 aromatic rings. The summed E-state index contributed by atoms with van der Waals surface area (Å²) in [7, 11) is 2.09. The van der Waals surface area contributed by atoms with Gasteiger partial charge in [-0.3, -0.25) is 0 Å². The molecule has 0 unspecified atom stereocenters. The zero-order chi connectivity index (χ0) is 17.5. The minimum atomic E-state index is -0.0516. The van der Waals surface area contributed by atoms with E-state index in [4.69, 9.17) is 0 Å². The van der Waals surface area contributed by atoms with Crippen molar-refractivity contribution in [3.05, 3.63) is 71.8 Å². The largest absolute Gasteiger partial charge is 0.327 e. The average molecular weight is 333 g/mol. The molecule has 128 valence electrons. The third kappa shape index (κ3) is 4.62. The lowest BCUT2D eigenvalue weighted by atomic mass is 10.0. The van der Waals surface area contributed by atoms with Gasteiger partial charge in [-0.05, 0) is 24.7 Å². The van der Waals surface area contributed by atoms with Crippen LogP contribution in [0.15, 0.2) is 60.7 Å². The first-order valence-corrected chi connectivity index (χ1v) is 8.56. The predicted octanol–water partition coefficient (Wildman–Crippen LogP) is 2.74. The van der Waals surface area contributed by atoms with Gasteiger partial charge < -0.3 is 15.1 Å². The number of rotatable bonds is 2. The molecule has 4 heteroatoms. The standard InChI is InChI=1S/C21H23N3O/c1-23-15-16-24(20(17-23)19-12-6-3-7-13-19)21(25)22-14-8-11-18-9-4-2-5-10-18/h2-7,9-10,12-13,20H,14-17H2,1H3,(H,22,25)/t20-/m0/s1. The van der Waals surface area contributed by atoms with Crippen molar-refractivity contribution >= 4 is 6.03 Å². The number of likely N-dealkylation sites (N-methyl/N-ethyl adjacent to an activating group) is 1. The number of amides is 2. The van der Waals surface area contributed by atoms with E-state index in [9.17, 15) is 4.79 Å². The van der Waals surface area contributed by atoms with Gasteiger partial charge in [0.05, 0.1) is 12.6 Å². The van der Waals surface area contributed by atoms with Crippen molar-refractivity contribution < 1.29 is 4.79 Å². The van der Waals surface area contributed by atoms with Crippen LogP contribution in [-0.2, 0) is 0 Å². The Hall–Kier alpha value is -2.77. The zero-order valence-electron chi connectivity index (χ0n) is 14.5. The van der Waals surface area contributed by atoms with Gasteiger partial charge in [0.15, 0.2) is 0 Å². The minimum absolute atomic E-state index is 0.0516. The molecule has 0 bridgehead atoms. The van der Waals surface area contributed by atoms with Gasteiger partial charge in [0.1, 0.15) is 0 Å². The van der Waals surface area contributed by atoms with Crippen LogP contribution in [-0.4, -0.2) is 49.1 Å². The van der Waals surface area contributed by atoms with Crippen molar-refractivity contribution in [2.45, 2.75) is 6.04 Å². The van der Waals surface area contributed by atoms with Gasteiger partial charge in [0, 0.05) is 25.2 Å². The number of carbonyl (C=O) groups is 1. The third-order valence-corrected chi connectivity index (χ3v) is 4.36. The van der Waals surface area contributed by atoms with E-state index in [-0.39, 0.29) is 12.1 Å². The normalized spacial score (nSPS) is 17.5. The first-order valence-electron chi connectivity index (χ1n) is 8.56. The van der Waals surface area contributed by atoms with Crippen LogP contribution >= 0.6 is 0 Å². The quantitative estimate of drug-likeness (QED) is 0.858. The third-order valence-electron chi connectivity index (χ3n) is 4.36. The molecule has 1 aliphatic rings. The van der Waals surface area contributed by atoms with Crippen LogP contribution in [0.3, 0.4) is 0 Å². The molecular formula is C21H23N3O. The first kappa shape index (κ1) is 17.1. The van der Waals surface area contributed by atoms with E-state index in [0.717, 1.165) is 18.7 Å². The molecule has 2 amide bonds. The topological polar surface area (TPSA) is 35.6 Å². The second-order valence-corrected chi connectivity index (χ2v) is 6.21. The Morgan fingerprint density at radius 2 is 1.76 bits per heavy atom. The SMILES string of the molecule is CN1CCN(C(=O)NCC#Cc2ccccc2)[C@H](c2ccccc2)C1. The van der Waals surface area contributed by atoms with Gasteiger partial charge in [0.25, 0.3) is 0 Å². The summed E-state index contributed by atoms with van der Waals surface area (Å²) in [4.78, 5) is 16.8. The summed E-state index contributed by atoms with van der Waals surface area (Å²) < 4.78 is 0. The van der Waals surface area contributed by atoms with E-state index in [1.165, 1.54) is 5.56 Å². The lowest BCUT2D eigenvalue weighted by Gasteiger charge is -2.40. The molecule has 0 aromatic heterocycles. The summed E-state index contributed by atoms with van der Waals surface area (Å²) in [6, 6.07) is 20.0. The lowest BCUT2D eigenvalue weighted by molar-refractivity contribution is 0.109. The van der Waals surface area contributed by atoms with Crippen molar-refractivity contribution in [3.8, 4) is 11.8 Å². The molecule has 1 fully saturated rings. The van der Waals surface area contributed by atoms with Gasteiger partial charge in [-0.2, -0.15) is 0 Å². The lowest BCUT2D eigenvalue weighted by Crippen LogP contribution is -2.52. The Labute approximate surface area is 149 Å². The number of hydrogen-bond acceptors (Lipinski definition) is 2. The predicted molar refractivity (Wildman–Crippen MR) is 100 cm³/mol. The molecule has 1 saturated heterocycles. The van der Waals surface area contributed by atoms with Gasteiger partial charge in [-0.1, -0.05) is 60.4 Å². The first-order chi connectivity index (χ1) is 12.2. The fraction of sp³-hybridized carbons (Fsp3) is 0.286. The number of nitrogens with zero attached hydrogens (tertiary/aromatic N) is 2. The van der Waals surface area contributed by atoms with E-state index in [1.807, 2.05) is 53.4 Å². The Kier molecular flexibility index (Phi) is 5.71. The Morgan fingerprint density at radius 1 is 1.08 bits per heavy atom. The van der Waals surface area contributed by atoms with Gasteiger partial charge in [-0.25, -0.2) is 4.79 Å². The van der Waals surface area contributed by atoms with Crippen LogP contribution in [0.5, 0.6) is 0 Å². The fourth-order valence-corrected chi connectivity index (χ4v) is 3.01.